The highest BCUT2D eigenvalue weighted by atomic mass is 32.1. The summed E-state index contributed by atoms with van der Waals surface area (Å²) >= 11 is 1.38. The van der Waals surface area contributed by atoms with Gasteiger partial charge in [0.25, 0.3) is 0 Å². The van der Waals surface area contributed by atoms with Crippen LogP contribution in [0.1, 0.15) is 36.2 Å². The largest absolute Gasteiger partial charge is 0.476 e. The Morgan fingerprint density at radius 2 is 2.12 bits per heavy atom. The number of nitrogens with zero attached hydrogens (tertiary/aromatic N) is 1. The van der Waals surface area contributed by atoms with Crippen LogP contribution >= 0.6 is 11.3 Å². The van der Waals surface area contributed by atoms with E-state index in [-0.39, 0.29) is 5.69 Å². The van der Waals surface area contributed by atoms with Crippen LogP contribution in [0.3, 0.4) is 0 Å². The van der Waals surface area contributed by atoms with Crippen molar-refractivity contribution in [3.05, 3.63) is 11.2 Å². The Balaban J connectivity index is 1.62. The monoisotopic (exact) mass is 252 g/mol. The smallest absolute Gasteiger partial charge is 0.357 e. The third kappa shape index (κ3) is 2.44. The van der Waals surface area contributed by atoms with Crippen LogP contribution in [-0.2, 0) is 0 Å². The molecule has 2 saturated carbocycles. The van der Waals surface area contributed by atoms with Gasteiger partial charge in [-0.25, -0.2) is 9.78 Å². The Morgan fingerprint density at radius 1 is 1.47 bits per heavy atom. The van der Waals surface area contributed by atoms with Crippen LogP contribution in [0, 0.1) is 17.8 Å². The van der Waals surface area contributed by atoms with Gasteiger partial charge in [0.1, 0.15) is 5.00 Å². The number of aromatic nitrogens is 1. The van der Waals surface area contributed by atoms with Gasteiger partial charge < -0.3 is 10.4 Å². The maximum atomic E-state index is 10.9. The maximum absolute atomic E-state index is 10.9. The SMILES string of the molecule is O=C(O)c1ncsc1NCC(C1CC1)C1CC1. The number of anilines is 1. The minimum Gasteiger partial charge on any atom is -0.476 e. The Bertz CT molecular complexity index is 412. The molecular weight excluding hydrogens is 236 g/mol. The van der Waals surface area contributed by atoms with E-state index in [1.54, 1.807) is 5.51 Å². The van der Waals surface area contributed by atoms with Crippen LogP contribution in [0.2, 0.25) is 0 Å². The standard InChI is InChI=1S/C12H16N2O2S/c15-12(16)10-11(17-6-14-10)13-5-9(7-1-2-7)8-3-4-8/h6-9,13H,1-5H2,(H,15,16). The molecule has 0 aliphatic heterocycles. The number of rotatable bonds is 6. The summed E-state index contributed by atoms with van der Waals surface area (Å²) < 4.78 is 0. The van der Waals surface area contributed by atoms with Gasteiger partial charge >= 0.3 is 5.97 Å². The van der Waals surface area contributed by atoms with Gasteiger partial charge in [-0.1, -0.05) is 0 Å². The molecule has 2 aliphatic rings. The average Bonchev–Trinajstić information content (AvgIpc) is 3.19. The Labute approximate surface area is 104 Å². The van der Waals surface area contributed by atoms with Crippen LogP contribution in [-0.4, -0.2) is 22.6 Å². The second-order valence-electron chi connectivity index (χ2n) is 5.05. The predicted octanol–water partition coefficient (Wildman–Crippen LogP) is 2.69. The lowest BCUT2D eigenvalue weighted by molar-refractivity contribution is 0.0692. The Kier molecular flexibility index (Phi) is 2.78. The van der Waals surface area contributed by atoms with Crippen molar-refractivity contribution in [1.82, 2.24) is 4.98 Å². The fourth-order valence-electron chi connectivity index (χ4n) is 2.50. The zero-order valence-corrected chi connectivity index (χ0v) is 10.4. The lowest BCUT2D eigenvalue weighted by atomic mass is 9.98. The molecule has 3 rings (SSSR count). The van der Waals surface area contributed by atoms with Crippen LogP contribution < -0.4 is 5.32 Å². The first kappa shape index (κ1) is 11.0. The summed E-state index contributed by atoms with van der Waals surface area (Å²) in [5.74, 6) is 1.58. The predicted molar refractivity (Wildman–Crippen MR) is 66.5 cm³/mol. The summed E-state index contributed by atoms with van der Waals surface area (Å²) in [6.07, 6.45) is 5.43. The van der Waals surface area contributed by atoms with E-state index in [0.29, 0.717) is 5.00 Å². The topological polar surface area (TPSA) is 62.2 Å². The van der Waals surface area contributed by atoms with E-state index in [2.05, 4.69) is 10.3 Å². The van der Waals surface area contributed by atoms with Crippen LogP contribution in [0.15, 0.2) is 5.51 Å². The van der Waals surface area contributed by atoms with Crippen molar-refractivity contribution in [3.63, 3.8) is 0 Å². The van der Waals surface area contributed by atoms with Gasteiger partial charge in [0, 0.05) is 6.54 Å². The number of hydrogen-bond acceptors (Lipinski definition) is 4. The molecule has 0 amide bonds. The number of carbonyl (C=O) groups is 1. The molecule has 0 aromatic carbocycles. The maximum Gasteiger partial charge on any atom is 0.357 e. The molecule has 1 aromatic heterocycles. The second kappa shape index (κ2) is 4.29. The molecule has 1 heterocycles. The minimum atomic E-state index is -0.942. The third-order valence-electron chi connectivity index (χ3n) is 3.72. The highest BCUT2D eigenvalue weighted by Gasteiger charge is 2.41. The molecule has 0 saturated heterocycles. The fraction of sp³-hybridized carbons (Fsp3) is 0.667. The molecule has 0 radical (unpaired) electrons. The van der Waals surface area contributed by atoms with Crippen LogP contribution in [0.5, 0.6) is 0 Å². The van der Waals surface area contributed by atoms with E-state index < -0.39 is 5.97 Å². The molecule has 2 aliphatic carbocycles. The van der Waals surface area contributed by atoms with Crippen molar-refractivity contribution < 1.29 is 9.90 Å². The van der Waals surface area contributed by atoms with Gasteiger partial charge in [0.15, 0.2) is 5.69 Å². The van der Waals surface area contributed by atoms with Gasteiger partial charge in [-0.2, -0.15) is 0 Å². The first-order valence-corrected chi connectivity index (χ1v) is 7.04. The lowest BCUT2D eigenvalue weighted by Gasteiger charge is -2.16. The van der Waals surface area contributed by atoms with Crippen LogP contribution in [0.25, 0.3) is 0 Å². The van der Waals surface area contributed by atoms with Crippen molar-refractivity contribution >= 4 is 22.3 Å². The van der Waals surface area contributed by atoms with E-state index in [4.69, 9.17) is 5.11 Å². The summed E-state index contributed by atoms with van der Waals surface area (Å²) in [7, 11) is 0. The van der Waals surface area contributed by atoms with Crippen molar-refractivity contribution in [2.45, 2.75) is 25.7 Å². The molecule has 5 heteroatoms. The zero-order chi connectivity index (χ0) is 11.8. The van der Waals surface area contributed by atoms with Gasteiger partial charge in [-0.3, -0.25) is 0 Å². The Morgan fingerprint density at radius 3 is 2.65 bits per heavy atom. The summed E-state index contributed by atoms with van der Waals surface area (Å²) in [6.45, 7) is 0.914. The second-order valence-corrected chi connectivity index (χ2v) is 5.91. The van der Waals surface area contributed by atoms with E-state index in [0.717, 1.165) is 24.3 Å². The molecule has 0 spiro atoms. The molecule has 2 N–H and O–H groups in total. The zero-order valence-electron chi connectivity index (χ0n) is 9.56. The quantitative estimate of drug-likeness (QED) is 0.817. The summed E-state index contributed by atoms with van der Waals surface area (Å²) in [6, 6.07) is 0. The molecule has 2 fully saturated rings. The van der Waals surface area contributed by atoms with Crippen molar-refractivity contribution in [1.29, 1.82) is 0 Å². The van der Waals surface area contributed by atoms with Gasteiger partial charge in [-0.05, 0) is 43.4 Å². The van der Waals surface area contributed by atoms with Gasteiger partial charge in [-0.15, -0.1) is 11.3 Å². The van der Waals surface area contributed by atoms with Crippen molar-refractivity contribution in [2.75, 3.05) is 11.9 Å². The normalized spacial score (nSPS) is 19.6. The van der Waals surface area contributed by atoms with Crippen LogP contribution in [0.4, 0.5) is 5.00 Å². The van der Waals surface area contributed by atoms with E-state index in [1.165, 1.54) is 37.0 Å². The minimum absolute atomic E-state index is 0.167. The van der Waals surface area contributed by atoms with Crippen molar-refractivity contribution in [2.24, 2.45) is 17.8 Å². The van der Waals surface area contributed by atoms with Crippen molar-refractivity contribution in [3.8, 4) is 0 Å². The fourth-order valence-corrected chi connectivity index (χ4v) is 3.18. The number of nitrogens with one attached hydrogen (secondary N) is 1. The number of hydrogen-bond donors (Lipinski definition) is 2. The summed E-state index contributed by atoms with van der Waals surface area (Å²) in [5.41, 5.74) is 1.76. The summed E-state index contributed by atoms with van der Waals surface area (Å²) in [5, 5.41) is 13.0. The van der Waals surface area contributed by atoms with E-state index in [9.17, 15) is 4.79 Å². The van der Waals surface area contributed by atoms with E-state index >= 15 is 0 Å². The lowest BCUT2D eigenvalue weighted by Crippen LogP contribution is -2.18. The average molecular weight is 252 g/mol. The molecule has 0 unspecified atom stereocenters. The molecular formula is C12H16N2O2S. The molecule has 0 atom stereocenters. The number of carboxylic acid groups (broad SMARTS) is 1. The highest BCUT2D eigenvalue weighted by Crippen LogP contribution is 2.49. The number of carboxylic acids is 1. The molecule has 4 nitrogen and oxygen atoms in total. The Hall–Kier alpha value is -1.10. The molecule has 17 heavy (non-hydrogen) atoms. The molecule has 0 bridgehead atoms. The summed E-state index contributed by atoms with van der Waals surface area (Å²) in [4.78, 5) is 14.8. The van der Waals surface area contributed by atoms with E-state index in [1.807, 2.05) is 0 Å². The molecule has 1 aromatic rings. The van der Waals surface area contributed by atoms with Gasteiger partial charge in [0.2, 0.25) is 0 Å². The molecule has 92 valence electrons. The number of thiazole rings is 1. The highest BCUT2D eigenvalue weighted by molar-refractivity contribution is 7.14. The first-order valence-electron chi connectivity index (χ1n) is 6.16. The first-order chi connectivity index (χ1) is 8.25. The third-order valence-corrected chi connectivity index (χ3v) is 4.51. The van der Waals surface area contributed by atoms with Gasteiger partial charge in [0.05, 0.1) is 5.51 Å². The number of aromatic carboxylic acids is 1.